The van der Waals surface area contributed by atoms with Crippen LogP contribution in [0.4, 0.5) is 4.39 Å². The minimum Gasteiger partial charge on any atom is -0.289 e. The highest BCUT2D eigenvalue weighted by Crippen LogP contribution is 2.21. The van der Waals surface area contributed by atoms with Gasteiger partial charge in [-0.3, -0.25) is 4.79 Å². The number of ketones is 1. The van der Waals surface area contributed by atoms with E-state index in [0.29, 0.717) is 10.6 Å². The maximum absolute atomic E-state index is 13.5. The van der Waals surface area contributed by atoms with Gasteiger partial charge in [0.2, 0.25) is 0 Å². The minimum absolute atomic E-state index is 0.185. The average molecular weight is 295 g/mol. The second-order valence-corrected chi connectivity index (χ2v) is 4.63. The summed E-state index contributed by atoms with van der Waals surface area (Å²) in [6.07, 6.45) is 2.61. The molecule has 2 aromatic rings. The predicted octanol–water partition coefficient (Wildman–Crippen LogP) is 5.03. The fourth-order valence-electron chi connectivity index (χ4n) is 1.58. The topological polar surface area (TPSA) is 17.1 Å². The molecule has 0 amide bonds. The largest absolute Gasteiger partial charge is 0.289 e. The molecular weight excluding hydrogens is 286 g/mol. The molecule has 1 nitrogen and oxygen atoms in total. The Kier molecular flexibility index (Phi) is 4.35. The van der Waals surface area contributed by atoms with E-state index in [-0.39, 0.29) is 16.4 Å². The third-order valence-electron chi connectivity index (χ3n) is 2.54. The summed E-state index contributed by atoms with van der Waals surface area (Å²) in [5, 5.41) is 0.611. The third-order valence-corrected chi connectivity index (χ3v) is 3.20. The van der Waals surface area contributed by atoms with Crippen LogP contribution in [0.2, 0.25) is 10.0 Å². The summed E-state index contributed by atoms with van der Waals surface area (Å²) in [6.45, 7) is 0. The summed E-state index contributed by atoms with van der Waals surface area (Å²) >= 11 is 11.8. The first kappa shape index (κ1) is 13.8. The molecule has 0 N–H and O–H groups in total. The van der Waals surface area contributed by atoms with Gasteiger partial charge in [0.25, 0.3) is 0 Å². The zero-order valence-electron chi connectivity index (χ0n) is 9.74. The van der Waals surface area contributed by atoms with Crippen molar-refractivity contribution in [3.63, 3.8) is 0 Å². The van der Waals surface area contributed by atoms with Gasteiger partial charge >= 0.3 is 0 Å². The van der Waals surface area contributed by atoms with Crippen molar-refractivity contribution in [2.24, 2.45) is 0 Å². The molecule has 2 aromatic carbocycles. The van der Waals surface area contributed by atoms with Crippen molar-refractivity contribution < 1.29 is 9.18 Å². The molecular formula is C15H9Cl2FO. The molecule has 19 heavy (non-hydrogen) atoms. The Morgan fingerprint density at radius 1 is 1.00 bits per heavy atom. The standard InChI is InChI=1S/C15H9Cl2FO/c16-12-6-3-7-14(18)10(12)8-9-15(19)11-4-1-2-5-13(11)17/h1-9H/b9-8+. The van der Waals surface area contributed by atoms with Crippen molar-refractivity contribution in [1.29, 1.82) is 0 Å². The lowest BCUT2D eigenvalue weighted by Crippen LogP contribution is -1.95. The lowest BCUT2D eigenvalue weighted by Gasteiger charge is -2.01. The second-order valence-electron chi connectivity index (χ2n) is 3.81. The van der Waals surface area contributed by atoms with Crippen LogP contribution in [0.15, 0.2) is 48.5 Å². The van der Waals surface area contributed by atoms with E-state index in [1.54, 1.807) is 30.3 Å². The zero-order valence-corrected chi connectivity index (χ0v) is 11.3. The lowest BCUT2D eigenvalue weighted by molar-refractivity contribution is 0.104. The molecule has 96 valence electrons. The van der Waals surface area contributed by atoms with Crippen molar-refractivity contribution >= 4 is 35.1 Å². The first-order chi connectivity index (χ1) is 9.09. The molecule has 0 aromatic heterocycles. The molecule has 0 bridgehead atoms. The van der Waals surface area contributed by atoms with Crippen LogP contribution in [0.25, 0.3) is 6.08 Å². The molecule has 0 aliphatic rings. The maximum Gasteiger partial charge on any atom is 0.187 e. The number of rotatable bonds is 3. The average Bonchev–Trinajstić information content (AvgIpc) is 2.38. The van der Waals surface area contributed by atoms with E-state index in [1.807, 2.05) is 0 Å². The summed E-state index contributed by atoms with van der Waals surface area (Å²) in [5.41, 5.74) is 0.553. The first-order valence-electron chi connectivity index (χ1n) is 5.50. The van der Waals surface area contributed by atoms with E-state index < -0.39 is 5.82 Å². The lowest BCUT2D eigenvalue weighted by atomic mass is 10.1. The summed E-state index contributed by atoms with van der Waals surface area (Å²) in [4.78, 5) is 11.9. The molecule has 0 spiro atoms. The zero-order chi connectivity index (χ0) is 13.8. The van der Waals surface area contributed by atoms with Crippen LogP contribution in [-0.2, 0) is 0 Å². The third kappa shape index (κ3) is 3.22. The Balaban J connectivity index is 2.29. The molecule has 0 unspecified atom stereocenters. The number of hydrogen-bond acceptors (Lipinski definition) is 1. The molecule has 0 heterocycles. The van der Waals surface area contributed by atoms with Gasteiger partial charge in [0.15, 0.2) is 5.78 Å². The molecule has 0 fully saturated rings. The van der Waals surface area contributed by atoms with E-state index in [4.69, 9.17) is 23.2 Å². The van der Waals surface area contributed by atoms with Crippen LogP contribution in [0.5, 0.6) is 0 Å². The van der Waals surface area contributed by atoms with Crippen LogP contribution in [-0.4, -0.2) is 5.78 Å². The summed E-state index contributed by atoms with van der Waals surface area (Å²) in [6, 6.07) is 11.0. The number of benzene rings is 2. The molecule has 4 heteroatoms. The first-order valence-corrected chi connectivity index (χ1v) is 6.26. The minimum atomic E-state index is -0.476. The van der Waals surface area contributed by atoms with Gasteiger partial charge < -0.3 is 0 Å². The van der Waals surface area contributed by atoms with Crippen LogP contribution < -0.4 is 0 Å². The highest BCUT2D eigenvalue weighted by Gasteiger charge is 2.07. The highest BCUT2D eigenvalue weighted by atomic mass is 35.5. The predicted molar refractivity (Wildman–Crippen MR) is 76.2 cm³/mol. The molecule has 0 aliphatic carbocycles. The summed E-state index contributed by atoms with van der Waals surface area (Å²) < 4.78 is 13.5. The van der Waals surface area contributed by atoms with E-state index >= 15 is 0 Å². The molecule has 0 atom stereocenters. The number of allylic oxidation sites excluding steroid dienone is 1. The van der Waals surface area contributed by atoms with Gasteiger partial charge in [0.05, 0.1) is 10.0 Å². The monoisotopic (exact) mass is 294 g/mol. The van der Waals surface area contributed by atoms with Gasteiger partial charge in [-0.15, -0.1) is 0 Å². The van der Waals surface area contributed by atoms with Crippen molar-refractivity contribution in [3.05, 3.63) is 75.5 Å². The van der Waals surface area contributed by atoms with Gasteiger partial charge in [-0.1, -0.05) is 41.4 Å². The maximum atomic E-state index is 13.5. The summed E-state index contributed by atoms with van der Waals surface area (Å²) in [5.74, 6) is -0.777. The van der Waals surface area contributed by atoms with Crippen molar-refractivity contribution in [2.75, 3.05) is 0 Å². The normalized spacial score (nSPS) is 10.9. The number of carbonyl (C=O) groups is 1. The molecule has 0 saturated heterocycles. The van der Waals surface area contributed by atoms with Crippen LogP contribution in [0, 0.1) is 5.82 Å². The van der Waals surface area contributed by atoms with E-state index in [2.05, 4.69) is 0 Å². The molecule has 0 radical (unpaired) electrons. The van der Waals surface area contributed by atoms with E-state index in [1.165, 1.54) is 24.3 Å². The quantitative estimate of drug-likeness (QED) is 0.573. The Morgan fingerprint density at radius 2 is 1.68 bits per heavy atom. The Hall–Kier alpha value is -1.64. The van der Waals surface area contributed by atoms with E-state index in [9.17, 15) is 9.18 Å². The second kappa shape index (κ2) is 6.00. The fraction of sp³-hybridized carbons (Fsp3) is 0. The van der Waals surface area contributed by atoms with Gasteiger partial charge in [-0.2, -0.15) is 0 Å². The Bertz CT molecular complexity index is 630. The smallest absolute Gasteiger partial charge is 0.187 e. The molecule has 0 aliphatic heterocycles. The summed E-state index contributed by atoms with van der Waals surface area (Å²) in [7, 11) is 0. The van der Waals surface area contributed by atoms with Crippen molar-refractivity contribution in [3.8, 4) is 0 Å². The van der Waals surface area contributed by atoms with Crippen molar-refractivity contribution in [1.82, 2.24) is 0 Å². The Labute approximate surface area is 120 Å². The van der Waals surface area contributed by atoms with Gasteiger partial charge in [-0.25, -0.2) is 4.39 Å². The highest BCUT2D eigenvalue weighted by molar-refractivity contribution is 6.35. The molecule has 0 saturated carbocycles. The van der Waals surface area contributed by atoms with Gasteiger partial charge in [0.1, 0.15) is 5.82 Å². The van der Waals surface area contributed by atoms with Gasteiger partial charge in [0, 0.05) is 11.1 Å². The fourth-order valence-corrected chi connectivity index (χ4v) is 2.03. The van der Waals surface area contributed by atoms with Crippen molar-refractivity contribution in [2.45, 2.75) is 0 Å². The van der Waals surface area contributed by atoms with Crippen LogP contribution in [0.3, 0.4) is 0 Å². The van der Waals surface area contributed by atoms with E-state index in [0.717, 1.165) is 0 Å². The SMILES string of the molecule is O=C(/C=C/c1c(F)cccc1Cl)c1ccccc1Cl. The van der Waals surface area contributed by atoms with Crippen LogP contribution >= 0.6 is 23.2 Å². The van der Waals surface area contributed by atoms with Gasteiger partial charge in [-0.05, 0) is 36.4 Å². The Morgan fingerprint density at radius 3 is 2.37 bits per heavy atom. The number of carbonyl (C=O) groups excluding carboxylic acids is 1. The molecule has 2 rings (SSSR count). The number of hydrogen-bond donors (Lipinski definition) is 0. The number of halogens is 3. The van der Waals surface area contributed by atoms with Crippen LogP contribution in [0.1, 0.15) is 15.9 Å².